The third kappa shape index (κ3) is 3.01. The minimum Gasteiger partial charge on any atom is -0.456 e. The SMILES string of the molecule is Nc1cc(C(=O)OCc2cncs2)c(Br)cn1. The van der Waals surface area contributed by atoms with Crippen LogP contribution in [0.15, 0.2) is 28.4 Å². The van der Waals surface area contributed by atoms with Crippen LogP contribution in [0, 0.1) is 0 Å². The lowest BCUT2D eigenvalue weighted by Gasteiger charge is -2.05. The summed E-state index contributed by atoms with van der Waals surface area (Å²) in [6.07, 6.45) is 3.13. The van der Waals surface area contributed by atoms with Crippen molar-refractivity contribution in [2.24, 2.45) is 0 Å². The molecule has 2 heterocycles. The average Bonchev–Trinajstić information content (AvgIpc) is 2.82. The number of pyridine rings is 1. The number of carbonyl (C=O) groups is 1. The van der Waals surface area contributed by atoms with Crippen molar-refractivity contribution < 1.29 is 9.53 Å². The molecular weight excluding hydrogens is 306 g/mol. The highest BCUT2D eigenvalue weighted by atomic mass is 79.9. The number of nitrogens with zero attached hydrogens (tertiary/aromatic N) is 2. The smallest absolute Gasteiger partial charge is 0.339 e. The minimum absolute atomic E-state index is 0.207. The van der Waals surface area contributed by atoms with Gasteiger partial charge in [-0.2, -0.15) is 0 Å². The number of nitrogen functional groups attached to an aromatic ring is 1. The number of anilines is 1. The zero-order chi connectivity index (χ0) is 12.3. The maximum Gasteiger partial charge on any atom is 0.339 e. The van der Waals surface area contributed by atoms with Gasteiger partial charge in [0.25, 0.3) is 0 Å². The molecule has 0 aliphatic carbocycles. The van der Waals surface area contributed by atoms with Gasteiger partial charge in [0.1, 0.15) is 12.4 Å². The molecule has 88 valence electrons. The highest BCUT2D eigenvalue weighted by molar-refractivity contribution is 9.10. The topological polar surface area (TPSA) is 78.1 Å². The summed E-state index contributed by atoms with van der Waals surface area (Å²) in [6.45, 7) is 0.207. The molecule has 0 radical (unpaired) electrons. The van der Waals surface area contributed by atoms with Crippen molar-refractivity contribution in [1.82, 2.24) is 9.97 Å². The quantitative estimate of drug-likeness (QED) is 0.879. The second kappa shape index (κ2) is 5.24. The van der Waals surface area contributed by atoms with Crippen LogP contribution in [0.2, 0.25) is 0 Å². The van der Waals surface area contributed by atoms with Gasteiger partial charge >= 0.3 is 5.97 Å². The van der Waals surface area contributed by atoms with Crippen molar-refractivity contribution in [3.8, 4) is 0 Å². The summed E-state index contributed by atoms with van der Waals surface area (Å²) in [7, 11) is 0. The number of halogens is 1. The zero-order valence-corrected chi connectivity index (χ0v) is 11.0. The molecular formula is C10H8BrN3O2S. The van der Waals surface area contributed by atoms with Crippen LogP contribution in [-0.2, 0) is 11.3 Å². The molecule has 0 amide bonds. The monoisotopic (exact) mass is 313 g/mol. The lowest BCUT2D eigenvalue weighted by Crippen LogP contribution is -2.07. The zero-order valence-electron chi connectivity index (χ0n) is 8.59. The number of hydrogen-bond donors (Lipinski definition) is 1. The first-order valence-corrected chi connectivity index (χ1v) is 6.29. The molecule has 0 atom stereocenters. The van der Waals surface area contributed by atoms with Gasteiger partial charge in [0, 0.05) is 12.4 Å². The van der Waals surface area contributed by atoms with Crippen LogP contribution in [0.4, 0.5) is 5.82 Å². The highest BCUT2D eigenvalue weighted by Gasteiger charge is 2.13. The summed E-state index contributed by atoms with van der Waals surface area (Å²) in [5.74, 6) is -0.169. The van der Waals surface area contributed by atoms with E-state index in [1.54, 1.807) is 11.7 Å². The van der Waals surface area contributed by atoms with Gasteiger partial charge in [0.15, 0.2) is 0 Å². The maximum atomic E-state index is 11.8. The van der Waals surface area contributed by atoms with E-state index < -0.39 is 5.97 Å². The molecule has 2 aromatic heterocycles. The number of aromatic nitrogens is 2. The van der Waals surface area contributed by atoms with Gasteiger partial charge in [-0.25, -0.2) is 9.78 Å². The molecule has 17 heavy (non-hydrogen) atoms. The van der Waals surface area contributed by atoms with E-state index in [2.05, 4.69) is 25.9 Å². The number of rotatable bonds is 3. The van der Waals surface area contributed by atoms with Crippen molar-refractivity contribution >= 4 is 39.1 Å². The predicted molar refractivity (Wildman–Crippen MR) is 67.6 cm³/mol. The molecule has 0 aromatic carbocycles. The first kappa shape index (κ1) is 12.0. The molecule has 0 fully saturated rings. The van der Waals surface area contributed by atoms with Gasteiger partial charge in [-0.1, -0.05) is 0 Å². The second-order valence-electron chi connectivity index (χ2n) is 3.13. The van der Waals surface area contributed by atoms with Crippen molar-refractivity contribution in [1.29, 1.82) is 0 Å². The van der Waals surface area contributed by atoms with Crippen molar-refractivity contribution in [2.45, 2.75) is 6.61 Å². The fraction of sp³-hybridized carbons (Fsp3) is 0.100. The molecule has 0 unspecified atom stereocenters. The first-order valence-electron chi connectivity index (χ1n) is 4.62. The Kier molecular flexibility index (Phi) is 3.70. The maximum absolute atomic E-state index is 11.8. The average molecular weight is 314 g/mol. The molecule has 2 rings (SSSR count). The van der Waals surface area contributed by atoms with Crippen molar-refractivity contribution in [2.75, 3.05) is 5.73 Å². The van der Waals surface area contributed by atoms with E-state index in [-0.39, 0.29) is 12.4 Å². The van der Waals surface area contributed by atoms with Gasteiger partial charge in [0.05, 0.1) is 20.4 Å². The van der Waals surface area contributed by atoms with Gasteiger partial charge in [-0.05, 0) is 22.0 Å². The summed E-state index contributed by atoms with van der Waals surface area (Å²) in [6, 6.07) is 1.47. The van der Waals surface area contributed by atoms with E-state index >= 15 is 0 Å². The second-order valence-corrected chi connectivity index (χ2v) is 4.96. The van der Waals surface area contributed by atoms with E-state index in [1.807, 2.05) is 0 Å². The lowest BCUT2D eigenvalue weighted by molar-refractivity contribution is 0.0475. The van der Waals surface area contributed by atoms with Crippen LogP contribution in [0.25, 0.3) is 0 Å². The van der Waals surface area contributed by atoms with Crippen LogP contribution in [-0.4, -0.2) is 15.9 Å². The Morgan fingerprint density at radius 1 is 1.53 bits per heavy atom. The number of thiazole rings is 1. The normalized spacial score (nSPS) is 10.2. The molecule has 0 saturated carbocycles. The summed E-state index contributed by atoms with van der Waals surface area (Å²) in [4.78, 5) is 20.4. The molecule has 5 nitrogen and oxygen atoms in total. The van der Waals surface area contributed by atoms with E-state index in [9.17, 15) is 4.79 Å². The highest BCUT2D eigenvalue weighted by Crippen LogP contribution is 2.19. The van der Waals surface area contributed by atoms with E-state index in [0.717, 1.165) is 4.88 Å². The van der Waals surface area contributed by atoms with Crippen LogP contribution in [0.1, 0.15) is 15.2 Å². The Morgan fingerprint density at radius 2 is 2.35 bits per heavy atom. The molecule has 0 aliphatic rings. The molecule has 2 aromatic rings. The van der Waals surface area contributed by atoms with Crippen LogP contribution < -0.4 is 5.73 Å². The largest absolute Gasteiger partial charge is 0.456 e. The molecule has 0 saturated heterocycles. The summed E-state index contributed by atoms with van der Waals surface area (Å²) < 4.78 is 5.68. The first-order chi connectivity index (χ1) is 8.16. The van der Waals surface area contributed by atoms with Crippen LogP contribution >= 0.6 is 27.3 Å². The number of hydrogen-bond acceptors (Lipinski definition) is 6. The van der Waals surface area contributed by atoms with Crippen molar-refractivity contribution in [3.05, 3.63) is 38.9 Å². The van der Waals surface area contributed by atoms with E-state index in [4.69, 9.17) is 10.5 Å². The number of ether oxygens (including phenoxy) is 1. The summed E-state index contributed by atoms with van der Waals surface area (Å²) >= 11 is 4.65. The third-order valence-electron chi connectivity index (χ3n) is 1.93. The Morgan fingerprint density at radius 3 is 3.06 bits per heavy atom. The Balaban J connectivity index is 2.07. The van der Waals surface area contributed by atoms with Gasteiger partial charge in [-0.15, -0.1) is 11.3 Å². The fourth-order valence-electron chi connectivity index (χ4n) is 1.14. The Hall–Kier alpha value is -1.47. The van der Waals surface area contributed by atoms with Crippen LogP contribution in [0.5, 0.6) is 0 Å². The summed E-state index contributed by atoms with van der Waals surface area (Å²) in [5, 5.41) is 0. The number of carbonyl (C=O) groups excluding carboxylic acids is 1. The van der Waals surface area contributed by atoms with Gasteiger partial charge < -0.3 is 10.5 Å². The fourth-order valence-corrected chi connectivity index (χ4v) is 2.02. The standard InChI is InChI=1S/C10H8BrN3O2S/c11-8-3-14-9(12)1-7(8)10(15)16-4-6-2-13-5-17-6/h1-3,5H,4H2,(H2,12,14). The van der Waals surface area contributed by atoms with Gasteiger partial charge in [0.2, 0.25) is 0 Å². The van der Waals surface area contributed by atoms with Gasteiger partial charge in [-0.3, -0.25) is 4.98 Å². The molecule has 7 heteroatoms. The molecule has 0 aliphatic heterocycles. The van der Waals surface area contributed by atoms with E-state index in [1.165, 1.54) is 23.6 Å². The van der Waals surface area contributed by atoms with E-state index in [0.29, 0.717) is 10.0 Å². The molecule has 0 bridgehead atoms. The summed E-state index contributed by atoms with van der Waals surface area (Å²) in [5.41, 5.74) is 7.56. The molecule has 0 spiro atoms. The third-order valence-corrected chi connectivity index (χ3v) is 3.31. The lowest BCUT2D eigenvalue weighted by atomic mass is 10.2. The van der Waals surface area contributed by atoms with Crippen LogP contribution in [0.3, 0.4) is 0 Å². The Labute approximate surface area is 110 Å². The number of esters is 1. The predicted octanol–water partition coefficient (Wildman–Crippen LogP) is 2.24. The van der Waals surface area contributed by atoms with Crippen molar-refractivity contribution in [3.63, 3.8) is 0 Å². The number of nitrogens with two attached hydrogens (primary N) is 1. The Bertz CT molecular complexity index is 530. The minimum atomic E-state index is -0.445. The molecule has 2 N–H and O–H groups in total.